The van der Waals surface area contributed by atoms with Gasteiger partial charge in [-0.3, -0.25) is 4.90 Å². The summed E-state index contributed by atoms with van der Waals surface area (Å²) in [6, 6.07) is 10.7. The molecule has 0 amide bonds. The van der Waals surface area contributed by atoms with Gasteiger partial charge in [0.15, 0.2) is 6.29 Å². The van der Waals surface area contributed by atoms with Crippen molar-refractivity contribution in [1.82, 2.24) is 4.90 Å². The van der Waals surface area contributed by atoms with Gasteiger partial charge < -0.3 is 14.6 Å². The zero-order valence-electron chi connectivity index (χ0n) is 19.7. The van der Waals surface area contributed by atoms with Crippen LogP contribution in [0.4, 0.5) is 0 Å². The van der Waals surface area contributed by atoms with Crippen molar-refractivity contribution in [3.8, 4) is 5.75 Å². The summed E-state index contributed by atoms with van der Waals surface area (Å²) in [4.78, 5) is 2.32. The van der Waals surface area contributed by atoms with Gasteiger partial charge in [-0.1, -0.05) is 50.6 Å². The van der Waals surface area contributed by atoms with Crippen LogP contribution >= 0.6 is 11.6 Å². The molecule has 2 aromatic carbocycles. The predicted molar refractivity (Wildman–Crippen MR) is 129 cm³/mol. The molecule has 2 aromatic rings. The summed E-state index contributed by atoms with van der Waals surface area (Å²) in [5.41, 5.74) is 2.28. The molecule has 1 spiro atoms. The monoisotopic (exact) mass is 457 g/mol. The van der Waals surface area contributed by atoms with E-state index >= 15 is 0 Å². The number of hydrogen-bond acceptors (Lipinski definition) is 4. The fraction of sp³-hybridized carbons (Fsp3) is 0.630. The smallest absolute Gasteiger partial charge is 0.159 e. The second-order valence-corrected chi connectivity index (χ2v) is 11.3. The second-order valence-electron chi connectivity index (χ2n) is 10.9. The summed E-state index contributed by atoms with van der Waals surface area (Å²) in [6.07, 6.45) is 4.37. The topological polar surface area (TPSA) is 41.9 Å². The minimum atomic E-state index is -0.658. The lowest BCUT2D eigenvalue weighted by Crippen LogP contribution is -2.51. The van der Waals surface area contributed by atoms with Crippen LogP contribution in [0.15, 0.2) is 30.3 Å². The zero-order valence-corrected chi connectivity index (χ0v) is 20.5. The van der Waals surface area contributed by atoms with Crippen LogP contribution in [0.5, 0.6) is 5.75 Å². The number of halogens is 1. The molecule has 1 aliphatic heterocycles. The summed E-state index contributed by atoms with van der Waals surface area (Å²) < 4.78 is 11.4. The highest BCUT2D eigenvalue weighted by Gasteiger charge is 2.67. The van der Waals surface area contributed by atoms with Crippen molar-refractivity contribution in [3.63, 3.8) is 0 Å². The summed E-state index contributed by atoms with van der Waals surface area (Å²) >= 11 is 6.79. The number of methoxy groups -OCH3 is 1. The van der Waals surface area contributed by atoms with Crippen LogP contribution in [0, 0.1) is 22.7 Å². The first-order valence-electron chi connectivity index (χ1n) is 12.1. The molecular formula is C27H36ClNO3. The number of aliphatic hydroxyl groups is 1. The quantitative estimate of drug-likeness (QED) is 0.550. The Bertz CT molecular complexity index is 992. The Kier molecular flexibility index (Phi) is 5.73. The highest BCUT2D eigenvalue weighted by molar-refractivity contribution is 6.37. The Morgan fingerprint density at radius 2 is 1.84 bits per heavy atom. The third-order valence-electron chi connectivity index (χ3n) is 9.25. The molecule has 0 bridgehead atoms. The van der Waals surface area contributed by atoms with Gasteiger partial charge >= 0.3 is 0 Å². The van der Waals surface area contributed by atoms with Crippen LogP contribution in [-0.4, -0.2) is 42.6 Å². The molecule has 3 aliphatic rings. The van der Waals surface area contributed by atoms with Crippen molar-refractivity contribution >= 4 is 22.4 Å². The number of hydrogen-bond donors (Lipinski definition) is 1. The van der Waals surface area contributed by atoms with Crippen LogP contribution in [0.3, 0.4) is 0 Å². The third-order valence-corrected chi connectivity index (χ3v) is 9.64. The largest absolute Gasteiger partial charge is 0.489 e. The summed E-state index contributed by atoms with van der Waals surface area (Å²) in [5.74, 6) is 1.84. The van der Waals surface area contributed by atoms with Crippen LogP contribution in [-0.2, 0) is 11.3 Å². The van der Waals surface area contributed by atoms with E-state index in [0.29, 0.717) is 10.8 Å². The van der Waals surface area contributed by atoms with E-state index in [9.17, 15) is 5.11 Å². The summed E-state index contributed by atoms with van der Waals surface area (Å²) in [6.45, 7) is 9.86. The van der Waals surface area contributed by atoms with Crippen molar-refractivity contribution in [2.45, 2.75) is 65.4 Å². The molecule has 5 rings (SSSR count). The lowest BCUT2D eigenvalue weighted by molar-refractivity contribution is -0.151. The first kappa shape index (κ1) is 22.5. The average Bonchev–Trinajstić information content (AvgIpc) is 3.17. The van der Waals surface area contributed by atoms with E-state index < -0.39 is 6.29 Å². The lowest BCUT2D eigenvalue weighted by atomic mass is 9.79. The van der Waals surface area contributed by atoms with Gasteiger partial charge in [0.25, 0.3) is 0 Å². The van der Waals surface area contributed by atoms with Gasteiger partial charge in [0.2, 0.25) is 0 Å². The van der Waals surface area contributed by atoms with Crippen LogP contribution in [0.2, 0.25) is 5.02 Å². The summed E-state index contributed by atoms with van der Waals surface area (Å²) in [7, 11) is 1.55. The van der Waals surface area contributed by atoms with Crippen molar-refractivity contribution in [3.05, 3.63) is 40.9 Å². The van der Waals surface area contributed by atoms with Crippen molar-refractivity contribution in [2.75, 3.05) is 20.2 Å². The Labute approximate surface area is 196 Å². The molecule has 32 heavy (non-hydrogen) atoms. The molecule has 1 heterocycles. The second kappa shape index (κ2) is 8.16. The Hall–Kier alpha value is -1.33. The minimum absolute atomic E-state index is 0.207. The lowest BCUT2D eigenvalue weighted by Gasteiger charge is -2.41. The number of aliphatic hydroxyl groups excluding tert-OH is 1. The third kappa shape index (κ3) is 3.64. The van der Waals surface area contributed by atoms with Crippen molar-refractivity contribution in [1.29, 1.82) is 0 Å². The van der Waals surface area contributed by atoms with E-state index in [0.717, 1.165) is 59.9 Å². The highest BCUT2D eigenvalue weighted by Crippen LogP contribution is 2.74. The molecule has 1 N–H and O–H groups in total. The van der Waals surface area contributed by atoms with Crippen molar-refractivity contribution < 1.29 is 14.6 Å². The fourth-order valence-corrected chi connectivity index (χ4v) is 6.87. The molecule has 0 aromatic heterocycles. The van der Waals surface area contributed by atoms with E-state index in [-0.39, 0.29) is 12.0 Å². The van der Waals surface area contributed by atoms with Gasteiger partial charge in [-0.15, -0.1) is 0 Å². The molecule has 4 nitrogen and oxygen atoms in total. The molecule has 1 saturated heterocycles. The molecule has 2 aliphatic carbocycles. The minimum Gasteiger partial charge on any atom is -0.489 e. The number of likely N-dealkylation sites (tertiary alicyclic amines) is 1. The van der Waals surface area contributed by atoms with Gasteiger partial charge in [0.1, 0.15) is 5.75 Å². The normalized spacial score (nSPS) is 30.9. The molecule has 3 fully saturated rings. The van der Waals surface area contributed by atoms with E-state index in [2.05, 4.69) is 49.9 Å². The maximum Gasteiger partial charge on any atom is 0.159 e. The molecule has 174 valence electrons. The molecular weight excluding hydrogens is 422 g/mol. The Morgan fingerprint density at radius 3 is 2.47 bits per heavy atom. The Balaban J connectivity index is 1.22. The Morgan fingerprint density at radius 1 is 1.16 bits per heavy atom. The molecule has 2 atom stereocenters. The van der Waals surface area contributed by atoms with Crippen LogP contribution < -0.4 is 4.74 Å². The van der Waals surface area contributed by atoms with Crippen LogP contribution in [0.1, 0.15) is 52.0 Å². The van der Waals surface area contributed by atoms with E-state index in [4.69, 9.17) is 21.1 Å². The van der Waals surface area contributed by atoms with E-state index in [1.165, 1.54) is 18.4 Å². The maximum absolute atomic E-state index is 9.76. The fourth-order valence-electron chi connectivity index (χ4n) is 6.59. The van der Waals surface area contributed by atoms with E-state index in [1.54, 1.807) is 7.11 Å². The van der Waals surface area contributed by atoms with Gasteiger partial charge in [-0.25, -0.2) is 0 Å². The standard InChI is InChI=1S/C27H36ClNO3/c1-17-26(2,3)27(17)11-9-21(10-12-27)32-23-8-6-19-13-18(5-7-22(19)24(23)28)14-29-15-20(16-29)25(30)31-4/h5-8,13,17,20-21,25,30H,9-12,14-16H2,1-4H3/t17-,21?,25+,27?/m1/s1. The van der Waals surface area contributed by atoms with Gasteiger partial charge in [-0.2, -0.15) is 0 Å². The molecule has 5 heteroatoms. The van der Waals surface area contributed by atoms with Gasteiger partial charge in [-0.05, 0) is 65.5 Å². The number of benzene rings is 2. The maximum atomic E-state index is 9.76. The molecule has 2 saturated carbocycles. The van der Waals surface area contributed by atoms with Crippen LogP contribution in [0.25, 0.3) is 10.8 Å². The predicted octanol–water partition coefficient (Wildman–Crippen LogP) is 5.87. The summed E-state index contributed by atoms with van der Waals surface area (Å²) in [5, 5.41) is 12.7. The first-order chi connectivity index (χ1) is 15.2. The first-order valence-corrected chi connectivity index (χ1v) is 12.4. The average molecular weight is 458 g/mol. The highest BCUT2D eigenvalue weighted by atomic mass is 35.5. The van der Waals surface area contributed by atoms with Gasteiger partial charge in [0, 0.05) is 38.0 Å². The number of ether oxygens (including phenoxy) is 2. The number of nitrogens with zero attached hydrogens (tertiary/aromatic N) is 1. The number of fused-ring (bicyclic) bond motifs is 1. The van der Waals surface area contributed by atoms with Gasteiger partial charge in [0.05, 0.1) is 11.1 Å². The van der Waals surface area contributed by atoms with Crippen molar-refractivity contribution in [2.24, 2.45) is 22.7 Å². The zero-order chi connectivity index (χ0) is 22.7. The molecule has 0 unspecified atom stereocenters. The number of rotatable bonds is 6. The molecule has 0 radical (unpaired) electrons. The SMILES string of the molecule is CO[C@H](O)C1CN(Cc2ccc3c(Cl)c(OC4CCC5(CC4)[C@H](C)C5(C)C)ccc3c2)C1. The van der Waals surface area contributed by atoms with E-state index in [1.807, 2.05) is 6.07 Å².